The molecule has 0 aliphatic heterocycles. The van der Waals surface area contributed by atoms with E-state index in [2.05, 4.69) is 67.4 Å². The van der Waals surface area contributed by atoms with Crippen LogP contribution in [0, 0.1) is 3.57 Å². The van der Waals surface area contributed by atoms with Gasteiger partial charge in [-0.2, -0.15) is 5.10 Å². The number of benzene rings is 2. The minimum Gasteiger partial charge on any atom is -0.323 e. The number of imidazole rings is 1. The summed E-state index contributed by atoms with van der Waals surface area (Å²) in [5.74, 6) is 0.649. The highest BCUT2D eigenvalue weighted by molar-refractivity contribution is 14.1. The standard InChI is InChI=1S/C15H13IN4/c1-10(11-6-8-12(16)9-7-11)19-20-15-17-13-4-2-3-5-14(13)18-15/h2-9H,1H3,(H2,17,18,20)/b19-10-. The van der Waals surface area contributed by atoms with Gasteiger partial charge in [-0.25, -0.2) is 10.4 Å². The van der Waals surface area contributed by atoms with Gasteiger partial charge >= 0.3 is 0 Å². The molecule has 0 amide bonds. The van der Waals surface area contributed by atoms with Crippen molar-refractivity contribution in [2.45, 2.75) is 6.92 Å². The molecule has 0 spiro atoms. The summed E-state index contributed by atoms with van der Waals surface area (Å²) in [5.41, 5.74) is 6.90. The Morgan fingerprint density at radius 2 is 1.90 bits per heavy atom. The molecule has 5 heteroatoms. The second kappa shape index (κ2) is 5.62. The Morgan fingerprint density at radius 3 is 2.65 bits per heavy atom. The van der Waals surface area contributed by atoms with Gasteiger partial charge in [0.15, 0.2) is 0 Å². The molecule has 0 saturated heterocycles. The van der Waals surface area contributed by atoms with Crippen LogP contribution in [0.3, 0.4) is 0 Å². The highest BCUT2D eigenvalue weighted by atomic mass is 127. The molecule has 3 rings (SSSR count). The van der Waals surface area contributed by atoms with Crippen molar-refractivity contribution in [1.82, 2.24) is 9.97 Å². The van der Waals surface area contributed by atoms with Gasteiger partial charge in [0, 0.05) is 3.57 Å². The van der Waals surface area contributed by atoms with Crippen molar-refractivity contribution in [3.63, 3.8) is 0 Å². The largest absolute Gasteiger partial charge is 0.323 e. The fourth-order valence-electron chi connectivity index (χ4n) is 1.90. The molecule has 2 N–H and O–H groups in total. The van der Waals surface area contributed by atoms with Gasteiger partial charge < -0.3 is 4.98 Å². The van der Waals surface area contributed by atoms with Crippen LogP contribution in [-0.2, 0) is 0 Å². The van der Waals surface area contributed by atoms with Gasteiger partial charge in [0.05, 0.1) is 16.7 Å². The van der Waals surface area contributed by atoms with Gasteiger partial charge in [-0.1, -0.05) is 24.3 Å². The van der Waals surface area contributed by atoms with E-state index >= 15 is 0 Å². The van der Waals surface area contributed by atoms with Crippen LogP contribution in [0.25, 0.3) is 11.0 Å². The molecule has 0 atom stereocenters. The smallest absolute Gasteiger partial charge is 0.222 e. The van der Waals surface area contributed by atoms with E-state index in [9.17, 15) is 0 Å². The maximum atomic E-state index is 4.42. The average Bonchev–Trinajstić information content (AvgIpc) is 2.88. The number of aromatic amines is 1. The Balaban J connectivity index is 1.80. The first-order valence-electron chi connectivity index (χ1n) is 6.23. The zero-order chi connectivity index (χ0) is 13.9. The molecular weight excluding hydrogens is 363 g/mol. The summed E-state index contributed by atoms with van der Waals surface area (Å²) in [4.78, 5) is 7.60. The number of hydrogen-bond acceptors (Lipinski definition) is 3. The van der Waals surface area contributed by atoms with Crippen molar-refractivity contribution in [3.05, 3.63) is 57.7 Å². The lowest BCUT2D eigenvalue weighted by molar-refractivity contribution is 1.20. The number of H-pyrrole nitrogens is 1. The molecule has 0 saturated carbocycles. The quantitative estimate of drug-likeness (QED) is 0.413. The van der Waals surface area contributed by atoms with Crippen LogP contribution in [0.1, 0.15) is 12.5 Å². The van der Waals surface area contributed by atoms with E-state index in [-0.39, 0.29) is 0 Å². The molecule has 100 valence electrons. The van der Waals surface area contributed by atoms with Crippen LogP contribution in [-0.4, -0.2) is 15.7 Å². The number of nitrogens with one attached hydrogen (secondary N) is 2. The van der Waals surface area contributed by atoms with E-state index in [1.807, 2.05) is 31.2 Å². The number of halogens is 1. The second-order valence-electron chi connectivity index (χ2n) is 4.42. The van der Waals surface area contributed by atoms with Crippen molar-refractivity contribution >= 4 is 45.3 Å². The highest BCUT2D eigenvalue weighted by Gasteiger charge is 2.01. The molecule has 20 heavy (non-hydrogen) atoms. The Bertz CT molecular complexity index is 726. The topological polar surface area (TPSA) is 53.1 Å². The predicted octanol–water partition coefficient (Wildman–Crippen LogP) is 4.00. The lowest BCUT2D eigenvalue weighted by Crippen LogP contribution is -2.00. The number of hydrazone groups is 1. The zero-order valence-corrected chi connectivity index (χ0v) is 13.0. The molecule has 0 unspecified atom stereocenters. The van der Waals surface area contributed by atoms with Crippen molar-refractivity contribution in [1.29, 1.82) is 0 Å². The van der Waals surface area contributed by atoms with Crippen LogP contribution >= 0.6 is 22.6 Å². The minimum atomic E-state index is 0.649. The fourth-order valence-corrected chi connectivity index (χ4v) is 2.26. The van der Waals surface area contributed by atoms with Crippen LogP contribution in [0.4, 0.5) is 5.95 Å². The van der Waals surface area contributed by atoms with Gasteiger partial charge in [-0.15, -0.1) is 0 Å². The number of hydrogen-bond donors (Lipinski definition) is 2. The SMILES string of the molecule is C/C(=N/Nc1nc2ccccc2[nH]1)c1ccc(I)cc1. The molecule has 0 fully saturated rings. The molecule has 0 radical (unpaired) electrons. The van der Waals surface area contributed by atoms with Gasteiger partial charge in [-0.05, 0) is 59.3 Å². The first-order chi connectivity index (χ1) is 9.72. The van der Waals surface area contributed by atoms with E-state index in [0.29, 0.717) is 5.95 Å². The second-order valence-corrected chi connectivity index (χ2v) is 5.66. The Labute approximate surface area is 130 Å². The fraction of sp³-hybridized carbons (Fsp3) is 0.0667. The lowest BCUT2D eigenvalue weighted by atomic mass is 10.1. The van der Waals surface area contributed by atoms with E-state index in [4.69, 9.17) is 0 Å². The van der Waals surface area contributed by atoms with Crippen molar-refractivity contribution in [2.75, 3.05) is 5.43 Å². The number of nitrogens with zero attached hydrogens (tertiary/aromatic N) is 2. The monoisotopic (exact) mass is 376 g/mol. The molecule has 4 nitrogen and oxygen atoms in total. The van der Waals surface area contributed by atoms with Gasteiger partial charge in [-0.3, -0.25) is 0 Å². The molecule has 3 aromatic rings. The molecule has 0 bridgehead atoms. The van der Waals surface area contributed by atoms with Crippen molar-refractivity contribution < 1.29 is 0 Å². The first-order valence-corrected chi connectivity index (χ1v) is 7.31. The first kappa shape index (κ1) is 13.1. The third-order valence-corrected chi connectivity index (χ3v) is 3.70. The van der Waals surface area contributed by atoms with Gasteiger partial charge in [0.2, 0.25) is 5.95 Å². The summed E-state index contributed by atoms with van der Waals surface area (Å²) in [7, 11) is 0. The molecule has 1 aromatic heterocycles. The zero-order valence-electron chi connectivity index (χ0n) is 10.9. The summed E-state index contributed by atoms with van der Waals surface area (Å²) in [6.07, 6.45) is 0. The van der Waals surface area contributed by atoms with Gasteiger partial charge in [0.25, 0.3) is 0 Å². The van der Waals surface area contributed by atoms with Crippen LogP contribution in [0.5, 0.6) is 0 Å². The molecule has 1 heterocycles. The number of rotatable bonds is 3. The maximum absolute atomic E-state index is 4.42. The number of para-hydroxylation sites is 2. The van der Waals surface area contributed by atoms with Crippen LogP contribution < -0.4 is 5.43 Å². The normalized spacial score (nSPS) is 11.8. The lowest BCUT2D eigenvalue weighted by Gasteiger charge is -2.01. The Kier molecular flexibility index (Phi) is 3.68. The summed E-state index contributed by atoms with van der Waals surface area (Å²) < 4.78 is 1.21. The highest BCUT2D eigenvalue weighted by Crippen LogP contribution is 2.13. The Hall–Kier alpha value is -1.89. The van der Waals surface area contributed by atoms with E-state index in [1.54, 1.807) is 0 Å². The molecule has 2 aromatic carbocycles. The third kappa shape index (κ3) is 2.82. The molecule has 0 aliphatic rings. The van der Waals surface area contributed by atoms with Gasteiger partial charge in [0.1, 0.15) is 0 Å². The summed E-state index contributed by atoms with van der Waals surface area (Å²) in [5, 5.41) is 4.36. The number of aromatic nitrogens is 2. The summed E-state index contributed by atoms with van der Waals surface area (Å²) in [6.45, 7) is 1.97. The minimum absolute atomic E-state index is 0.649. The molecule has 0 aliphatic carbocycles. The summed E-state index contributed by atoms with van der Waals surface area (Å²) >= 11 is 2.29. The Morgan fingerprint density at radius 1 is 1.15 bits per heavy atom. The molecular formula is C15H13IN4. The maximum Gasteiger partial charge on any atom is 0.222 e. The third-order valence-electron chi connectivity index (χ3n) is 2.98. The van der Waals surface area contributed by atoms with Crippen molar-refractivity contribution in [2.24, 2.45) is 5.10 Å². The van der Waals surface area contributed by atoms with Crippen LogP contribution in [0.2, 0.25) is 0 Å². The van der Waals surface area contributed by atoms with E-state index in [0.717, 1.165) is 22.3 Å². The van der Waals surface area contributed by atoms with Crippen LogP contribution in [0.15, 0.2) is 53.6 Å². The number of anilines is 1. The predicted molar refractivity (Wildman–Crippen MR) is 91.1 cm³/mol. The average molecular weight is 376 g/mol. The number of fused-ring (bicyclic) bond motifs is 1. The van der Waals surface area contributed by atoms with E-state index < -0.39 is 0 Å². The van der Waals surface area contributed by atoms with E-state index in [1.165, 1.54) is 3.57 Å². The summed E-state index contributed by atoms with van der Waals surface area (Å²) in [6, 6.07) is 16.1. The van der Waals surface area contributed by atoms with Crippen molar-refractivity contribution in [3.8, 4) is 0 Å².